The van der Waals surface area contributed by atoms with Crippen LogP contribution in [0.5, 0.6) is 0 Å². The van der Waals surface area contributed by atoms with Crippen molar-refractivity contribution in [1.82, 2.24) is 0 Å². The van der Waals surface area contributed by atoms with Crippen LogP contribution in [0.3, 0.4) is 0 Å². The van der Waals surface area contributed by atoms with Gasteiger partial charge in [-0.05, 0) is 64.8 Å². The van der Waals surface area contributed by atoms with Crippen LogP contribution in [-0.4, -0.2) is 17.3 Å². The Bertz CT molecular complexity index is 215. The lowest BCUT2D eigenvalue weighted by molar-refractivity contribution is 0.0688. The molecule has 0 spiro atoms. The average molecular weight is 211 g/mol. The van der Waals surface area contributed by atoms with Gasteiger partial charge in [0.05, 0.1) is 5.60 Å². The summed E-state index contributed by atoms with van der Waals surface area (Å²) >= 11 is 0. The number of aliphatic hydroxyl groups is 1. The number of rotatable bonds is 5. The van der Waals surface area contributed by atoms with Gasteiger partial charge in [-0.15, -0.1) is 0 Å². The molecule has 0 saturated heterocycles. The van der Waals surface area contributed by atoms with Gasteiger partial charge in [-0.1, -0.05) is 11.6 Å². The zero-order chi connectivity index (χ0) is 11.3. The molecule has 88 valence electrons. The zero-order valence-electron chi connectivity index (χ0n) is 10.1. The number of nitrogens with two attached hydrogens (primary N) is 1. The Balaban J connectivity index is 2.20. The fourth-order valence-electron chi connectivity index (χ4n) is 2.13. The summed E-state index contributed by atoms with van der Waals surface area (Å²) in [4.78, 5) is 0. The summed E-state index contributed by atoms with van der Waals surface area (Å²) in [6.45, 7) is 4.59. The Morgan fingerprint density at radius 2 is 2.27 bits per heavy atom. The van der Waals surface area contributed by atoms with Crippen molar-refractivity contribution in [1.29, 1.82) is 0 Å². The van der Waals surface area contributed by atoms with E-state index in [2.05, 4.69) is 6.08 Å². The molecule has 0 fully saturated rings. The van der Waals surface area contributed by atoms with Gasteiger partial charge in [0.2, 0.25) is 0 Å². The Hall–Kier alpha value is -0.340. The lowest BCUT2D eigenvalue weighted by Crippen LogP contribution is -2.18. The van der Waals surface area contributed by atoms with Gasteiger partial charge in [0.25, 0.3) is 0 Å². The topological polar surface area (TPSA) is 46.2 Å². The van der Waals surface area contributed by atoms with E-state index in [1.807, 2.05) is 13.8 Å². The molecular weight excluding hydrogens is 186 g/mol. The highest BCUT2D eigenvalue weighted by Crippen LogP contribution is 2.26. The molecule has 0 aromatic carbocycles. The van der Waals surface area contributed by atoms with E-state index in [0.717, 1.165) is 32.2 Å². The lowest BCUT2D eigenvalue weighted by Gasteiger charge is -2.22. The highest BCUT2D eigenvalue weighted by atomic mass is 16.3. The smallest absolute Gasteiger partial charge is 0.0591 e. The molecule has 0 bridgehead atoms. The minimum Gasteiger partial charge on any atom is -0.390 e. The second kappa shape index (κ2) is 5.66. The van der Waals surface area contributed by atoms with Crippen molar-refractivity contribution in [3.8, 4) is 0 Å². The monoisotopic (exact) mass is 211 g/mol. The Labute approximate surface area is 93.6 Å². The van der Waals surface area contributed by atoms with Crippen molar-refractivity contribution in [2.75, 3.05) is 6.54 Å². The van der Waals surface area contributed by atoms with E-state index in [9.17, 15) is 5.11 Å². The summed E-state index contributed by atoms with van der Waals surface area (Å²) in [6.07, 6.45) is 9.15. The van der Waals surface area contributed by atoms with Gasteiger partial charge in [-0.2, -0.15) is 0 Å². The molecule has 0 aromatic rings. The zero-order valence-corrected chi connectivity index (χ0v) is 10.1. The molecule has 0 aliphatic heterocycles. The van der Waals surface area contributed by atoms with Crippen LogP contribution < -0.4 is 5.73 Å². The van der Waals surface area contributed by atoms with E-state index in [1.165, 1.54) is 12.8 Å². The summed E-state index contributed by atoms with van der Waals surface area (Å²) in [7, 11) is 0. The third kappa shape index (κ3) is 5.33. The van der Waals surface area contributed by atoms with Crippen LogP contribution >= 0.6 is 0 Å². The standard InChI is InChI=1S/C13H25NO/c1-13(2,15)9-3-4-11-5-7-12(10-14)8-6-11/h5,12,15H,3-4,6-10,14H2,1-2H3. The van der Waals surface area contributed by atoms with Crippen LogP contribution in [0.25, 0.3) is 0 Å². The van der Waals surface area contributed by atoms with Crippen molar-refractivity contribution in [2.45, 2.75) is 58.0 Å². The third-order valence-corrected chi connectivity index (χ3v) is 3.23. The molecule has 15 heavy (non-hydrogen) atoms. The molecule has 0 amide bonds. The average Bonchev–Trinajstić information content (AvgIpc) is 2.17. The quantitative estimate of drug-likeness (QED) is 0.687. The first-order valence-corrected chi connectivity index (χ1v) is 6.11. The Morgan fingerprint density at radius 3 is 2.73 bits per heavy atom. The fourth-order valence-corrected chi connectivity index (χ4v) is 2.13. The van der Waals surface area contributed by atoms with Crippen molar-refractivity contribution >= 4 is 0 Å². The summed E-state index contributed by atoms with van der Waals surface area (Å²) in [5.41, 5.74) is 6.71. The Kier molecular flexibility index (Phi) is 4.81. The lowest BCUT2D eigenvalue weighted by atomic mass is 9.87. The number of hydrogen-bond acceptors (Lipinski definition) is 2. The van der Waals surface area contributed by atoms with E-state index in [0.29, 0.717) is 5.92 Å². The molecule has 3 N–H and O–H groups in total. The maximum absolute atomic E-state index is 9.59. The fraction of sp³-hybridized carbons (Fsp3) is 0.846. The van der Waals surface area contributed by atoms with Crippen molar-refractivity contribution in [2.24, 2.45) is 11.7 Å². The second-order valence-electron chi connectivity index (χ2n) is 5.40. The van der Waals surface area contributed by atoms with Crippen LogP contribution in [-0.2, 0) is 0 Å². The molecule has 2 heteroatoms. The number of allylic oxidation sites excluding steroid dienone is 2. The minimum atomic E-state index is -0.505. The predicted octanol–water partition coefficient (Wildman–Crippen LogP) is 2.61. The second-order valence-corrected chi connectivity index (χ2v) is 5.40. The molecule has 0 radical (unpaired) electrons. The molecular formula is C13H25NO. The first-order valence-electron chi connectivity index (χ1n) is 6.11. The van der Waals surface area contributed by atoms with Crippen LogP contribution in [0, 0.1) is 5.92 Å². The highest BCUT2D eigenvalue weighted by Gasteiger charge is 2.15. The van der Waals surface area contributed by atoms with Gasteiger partial charge in [-0.25, -0.2) is 0 Å². The molecule has 0 saturated carbocycles. The largest absolute Gasteiger partial charge is 0.390 e. The molecule has 1 aliphatic carbocycles. The van der Waals surface area contributed by atoms with Gasteiger partial charge < -0.3 is 10.8 Å². The molecule has 1 aliphatic rings. The normalized spacial score (nSPS) is 22.7. The molecule has 1 unspecified atom stereocenters. The van der Waals surface area contributed by atoms with E-state index >= 15 is 0 Å². The van der Waals surface area contributed by atoms with Gasteiger partial charge in [0.15, 0.2) is 0 Å². The van der Waals surface area contributed by atoms with Crippen molar-refractivity contribution in [3.63, 3.8) is 0 Å². The van der Waals surface area contributed by atoms with E-state index < -0.39 is 5.60 Å². The summed E-state index contributed by atoms with van der Waals surface area (Å²) < 4.78 is 0. The molecule has 0 aromatic heterocycles. The Morgan fingerprint density at radius 1 is 1.53 bits per heavy atom. The number of hydrogen-bond donors (Lipinski definition) is 2. The van der Waals surface area contributed by atoms with Crippen LogP contribution in [0.15, 0.2) is 11.6 Å². The SMILES string of the molecule is CC(C)(O)CCCC1=CCC(CN)CC1. The molecule has 0 heterocycles. The third-order valence-electron chi connectivity index (χ3n) is 3.23. The first-order chi connectivity index (χ1) is 7.01. The van der Waals surface area contributed by atoms with E-state index in [1.54, 1.807) is 5.57 Å². The minimum absolute atomic E-state index is 0.505. The van der Waals surface area contributed by atoms with Gasteiger partial charge in [0, 0.05) is 0 Å². The van der Waals surface area contributed by atoms with Gasteiger partial charge >= 0.3 is 0 Å². The van der Waals surface area contributed by atoms with Gasteiger partial charge in [-0.3, -0.25) is 0 Å². The molecule has 2 nitrogen and oxygen atoms in total. The van der Waals surface area contributed by atoms with Crippen LogP contribution in [0.4, 0.5) is 0 Å². The summed E-state index contributed by atoms with van der Waals surface area (Å²) in [5, 5.41) is 9.59. The predicted molar refractivity (Wildman–Crippen MR) is 64.6 cm³/mol. The van der Waals surface area contributed by atoms with E-state index in [-0.39, 0.29) is 0 Å². The first kappa shape index (κ1) is 12.7. The maximum Gasteiger partial charge on any atom is 0.0591 e. The van der Waals surface area contributed by atoms with E-state index in [4.69, 9.17) is 5.73 Å². The maximum atomic E-state index is 9.59. The van der Waals surface area contributed by atoms with Crippen molar-refractivity contribution in [3.05, 3.63) is 11.6 Å². The van der Waals surface area contributed by atoms with Gasteiger partial charge in [0.1, 0.15) is 0 Å². The summed E-state index contributed by atoms with van der Waals surface area (Å²) in [5.74, 6) is 0.711. The molecule has 1 atom stereocenters. The highest BCUT2D eigenvalue weighted by molar-refractivity contribution is 5.06. The van der Waals surface area contributed by atoms with Crippen molar-refractivity contribution < 1.29 is 5.11 Å². The van der Waals surface area contributed by atoms with Crippen LogP contribution in [0.1, 0.15) is 52.4 Å². The van der Waals surface area contributed by atoms with Crippen LogP contribution in [0.2, 0.25) is 0 Å². The molecule has 1 rings (SSSR count). The summed E-state index contributed by atoms with van der Waals surface area (Å²) in [6, 6.07) is 0.